The maximum atomic E-state index is 12.6. The van der Waals surface area contributed by atoms with Gasteiger partial charge in [0.1, 0.15) is 0 Å². The third-order valence-electron chi connectivity index (χ3n) is 4.90. The molecule has 0 aromatic rings. The summed E-state index contributed by atoms with van der Waals surface area (Å²) in [5.74, 6) is 1.19. The summed E-state index contributed by atoms with van der Waals surface area (Å²) in [4.78, 5) is 26.7. The Morgan fingerprint density at radius 1 is 1.00 bits per heavy atom. The second kappa shape index (κ2) is 9.59. The first kappa shape index (κ1) is 17.8. The van der Waals surface area contributed by atoms with Crippen molar-refractivity contribution < 1.29 is 9.59 Å². The molecule has 1 saturated carbocycles. The molecule has 0 bridgehead atoms. The Morgan fingerprint density at radius 3 is 2.18 bits per heavy atom. The topological polar surface area (TPSA) is 37.4 Å². The fourth-order valence-electron chi connectivity index (χ4n) is 3.55. The average Bonchev–Trinajstić information content (AvgIpc) is 2.79. The summed E-state index contributed by atoms with van der Waals surface area (Å²) in [5, 5.41) is -0.102. The van der Waals surface area contributed by atoms with Crippen LogP contribution in [0.2, 0.25) is 0 Å². The molecule has 1 unspecified atom stereocenters. The highest BCUT2D eigenvalue weighted by Crippen LogP contribution is 2.31. The van der Waals surface area contributed by atoms with Crippen LogP contribution in [0.1, 0.15) is 84.0 Å². The molecule has 2 fully saturated rings. The molecule has 126 valence electrons. The Morgan fingerprint density at radius 2 is 1.59 bits per heavy atom. The fraction of sp³-hybridized carbons (Fsp3) is 0.889. The number of unbranched alkanes of at least 4 members (excludes halogenated alkanes) is 1. The van der Waals surface area contributed by atoms with Crippen molar-refractivity contribution in [3.63, 3.8) is 0 Å². The van der Waals surface area contributed by atoms with E-state index in [9.17, 15) is 9.59 Å². The molecule has 1 atom stereocenters. The number of thioether (sulfide) groups is 1. The standard InChI is InChI=1S/C18H31NO2S/c1-2-3-13-22-16-14-17(20)19(18(16)21)15-11-9-7-5-4-6-8-10-12-15/h15-16H,2-14H2,1H3. The van der Waals surface area contributed by atoms with Crippen molar-refractivity contribution in [2.45, 2.75) is 95.3 Å². The maximum Gasteiger partial charge on any atom is 0.243 e. The molecule has 22 heavy (non-hydrogen) atoms. The normalized spacial score (nSPS) is 25.7. The molecule has 2 aliphatic rings. The van der Waals surface area contributed by atoms with Crippen LogP contribution < -0.4 is 0 Å². The summed E-state index contributed by atoms with van der Waals surface area (Å²) in [6.07, 6.45) is 13.5. The van der Waals surface area contributed by atoms with Crippen LogP contribution in [0.4, 0.5) is 0 Å². The Labute approximate surface area is 139 Å². The summed E-state index contributed by atoms with van der Waals surface area (Å²) in [5.41, 5.74) is 0. The summed E-state index contributed by atoms with van der Waals surface area (Å²) in [7, 11) is 0. The van der Waals surface area contributed by atoms with Gasteiger partial charge in [-0.05, 0) is 25.0 Å². The lowest BCUT2D eigenvalue weighted by molar-refractivity contribution is -0.141. The number of carbonyl (C=O) groups excluding carboxylic acids is 2. The zero-order valence-corrected chi connectivity index (χ0v) is 14.8. The number of nitrogens with zero attached hydrogens (tertiary/aromatic N) is 1. The summed E-state index contributed by atoms with van der Waals surface area (Å²) in [6.45, 7) is 2.16. The lowest BCUT2D eigenvalue weighted by atomic mass is 9.96. The lowest BCUT2D eigenvalue weighted by Crippen LogP contribution is -2.41. The zero-order chi connectivity index (χ0) is 15.8. The van der Waals surface area contributed by atoms with E-state index < -0.39 is 0 Å². The van der Waals surface area contributed by atoms with Crippen LogP contribution in [-0.2, 0) is 9.59 Å². The quantitative estimate of drug-likeness (QED) is 0.550. The van der Waals surface area contributed by atoms with Crippen molar-refractivity contribution >= 4 is 23.6 Å². The second-order valence-electron chi connectivity index (χ2n) is 6.73. The highest BCUT2D eigenvalue weighted by atomic mass is 32.2. The number of rotatable bonds is 5. The highest BCUT2D eigenvalue weighted by molar-refractivity contribution is 8.00. The van der Waals surface area contributed by atoms with Gasteiger partial charge in [0.2, 0.25) is 11.8 Å². The number of hydrogen-bond acceptors (Lipinski definition) is 3. The molecule has 0 aromatic heterocycles. The first-order chi connectivity index (χ1) is 10.7. The van der Waals surface area contributed by atoms with Crippen molar-refractivity contribution in [1.82, 2.24) is 4.90 Å². The van der Waals surface area contributed by atoms with Crippen LogP contribution in [-0.4, -0.2) is 33.8 Å². The van der Waals surface area contributed by atoms with Gasteiger partial charge in [-0.25, -0.2) is 0 Å². The Hall–Kier alpha value is -0.510. The van der Waals surface area contributed by atoms with Crippen molar-refractivity contribution in [3.05, 3.63) is 0 Å². The van der Waals surface area contributed by atoms with Gasteiger partial charge in [-0.15, -0.1) is 11.8 Å². The van der Waals surface area contributed by atoms with E-state index in [1.54, 1.807) is 16.7 Å². The van der Waals surface area contributed by atoms with Crippen molar-refractivity contribution in [2.75, 3.05) is 5.75 Å². The maximum absolute atomic E-state index is 12.6. The van der Waals surface area contributed by atoms with Crippen molar-refractivity contribution in [3.8, 4) is 0 Å². The van der Waals surface area contributed by atoms with E-state index in [4.69, 9.17) is 0 Å². The molecule has 2 rings (SSSR count). The van der Waals surface area contributed by atoms with E-state index in [1.165, 1.54) is 32.1 Å². The van der Waals surface area contributed by atoms with E-state index in [2.05, 4.69) is 6.92 Å². The van der Waals surface area contributed by atoms with Gasteiger partial charge >= 0.3 is 0 Å². The molecule has 1 heterocycles. The molecule has 1 aliphatic carbocycles. The Balaban J connectivity index is 1.92. The van der Waals surface area contributed by atoms with Gasteiger partial charge in [-0.2, -0.15) is 0 Å². The minimum Gasteiger partial charge on any atom is -0.278 e. The molecular formula is C18H31NO2S. The minimum absolute atomic E-state index is 0.0843. The average molecular weight is 326 g/mol. The number of likely N-dealkylation sites (tertiary alicyclic amines) is 1. The smallest absolute Gasteiger partial charge is 0.243 e. The first-order valence-electron chi connectivity index (χ1n) is 9.21. The molecule has 0 N–H and O–H groups in total. The van der Waals surface area contributed by atoms with Crippen molar-refractivity contribution in [2.24, 2.45) is 0 Å². The third-order valence-corrected chi connectivity index (χ3v) is 6.19. The van der Waals surface area contributed by atoms with Gasteiger partial charge in [0.05, 0.1) is 5.25 Å². The molecule has 1 aliphatic heterocycles. The number of amides is 2. The largest absolute Gasteiger partial charge is 0.278 e. The SMILES string of the molecule is CCCCSC1CC(=O)N(C2CCCCCCCCC2)C1=O. The molecule has 1 saturated heterocycles. The third kappa shape index (κ3) is 5.00. The van der Waals surface area contributed by atoms with Crippen LogP contribution in [0, 0.1) is 0 Å². The van der Waals surface area contributed by atoms with Gasteiger partial charge in [0.15, 0.2) is 0 Å². The molecule has 0 radical (unpaired) electrons. The molecule has 0 aromatic carbocycles. The number of hydrogen-bond donors (Lipinski definition) is 0. The molecule has 3 nitrogen and oxygen atoms in total. The Bertz CT molecular complexity index is 362. The second-order valence-corrected chi connectivity index (χ2v) is 8.04. The van der Waals surface area contributed by atoms with Gasteiger partial charge in [-0.3, -0.25) is 14.5 Å². The van der Waals surface area contributed by atoms with Gasteiger partial charge in [0.25, 0.3) is 0 Å². The summed E-state index contributed by atoms with van der Waals surface area (Å²) >= 11 is 1.69. The predicted molar refractivity (Wildman–Crippen MR) is 93.0 cm³/mol. The predicted octanol–water partition coefficient (Wildman–Crippen LogP) is 4.54. The number of imide groups is 1. The molecule has 2 amide bonds. The summed E-state index contributed by atoms with van der Waals surface area (Å²) in [6, 6.07) is 0.176. The van der Waals surface area contributed by atoms with E-state index in [1.807, 2.05) is 0 Å². The highest BCUT2D eigenvalue weighted by Gasteiger charge is 2.41. The van der Waals surface area contributed by atoms with E-state index in [0.29, 0.717) is 6.42 Å². The zero-order valence-electron chi connectivity index (χ0n) is 14.0. The van der Waals surface area contributed by atoms with Crippen LogP contribution in [0.15, 0.2) is 0 Å². The Kier molecular flexibility index (Phi) is 7.77. The van der Waals surface area contributed by atoms with Crippen LogP contribution in [0.25, 0.3) is 0 Å². The van der Waals surface area contributed by atoms with Gasteiger partial charge in [0, 0.05) is 12.5 Å². The summed E-state index contributed by atoms with van der Waals surface area (Å²) < 4.78 is 0. The molecule has 0 spiro atoms. The van der Waals surface area contributed by atoms with Crippen LogP contribution in [0.3, 0.4) is 0 Å². The van der Waals surface area contributed by atoms with E-state index >= 15 is 0 Å². The van der Waals surface area contributed by atoms with Gasteiger partial charge in [-0.1, -0.05) is 58.3 Å². The van der Waals surface area contributed by atoms with Gasteiger partial charge < -0.3 is 0 Å². The van der Waals surface area contributed by atoms with E-state index in [-0.39, 0.29) is 23.1 Å². The molecule has 4 heteroatoms. The lowest BCUT2D eigenvalue weighted by Gasteiger charge is -2.27. The van der Waals surface area contributed by atoms with E-state index in [0.717, 1.165) is 44.3 Å². The number of carbonyl (C=O) groups is 2. The van der Waals surface area contributed by atoms with Crippen LogP contribution >= 0.6 is 11.8 Å². The molecular weight excluding hydrogens is 294 g/mol. The first-order valence-corrected chi connectivity index (χ1v) is 10.3. The monoisotopic (exact) mass is 325 g/mol. The van der Waals surface area contributed by atoms with Crippen LogP contribution in [0.5, 0.6) is 0 Å². The fourth-order valence-corrected chi connectivity index (χ4v) is 4.81. The minimum atomic E-state index is -0.102. The van der Waals surface area contributed by atoms with Crippen molar-refractivity contribution in [1.29, 1.82) is 0 Å².